The molecule has 1 fully saturated rings. The summed E-state index contributed by atoms with van der Waals surface area (Å²) in [5, 5.41) is 22.6. The first-order valence-corrected chi connectivity index (χ1v) is 10.0. The number of halogens is 5. The molecule has 4 nitrogen and oxygen atoms in total. The van der Waals surface area contributed by atoms with E-state index < -0.39 is 53.5 Å². The molecule has 1 aliphatic carbocycles. The van der Waals surface area contributed by atoms with Crippen molar-refractivity contribution in [3.05, 3.63) is 65.2 Å². The molecule has 2 aromatic carbocycles. The van der Waals surface area contributed by atoms with E-state index in [2.05, 4.69) is 5.32 Å². The van der Waals surface area contributed by atoms with Gasteiger partial charge in [0.05, 0.1) is 17.2 Å². The fraction of sp³-hybridized carbons (Fsp3) is 0.391. The third-order valence-corrected chi connectivity index (χ3v) is 5.81. The van der Waals surface area contributed by atoms with Crippen LogP contribution in [-0.2, 0) is 17.4 Å². The number of anilines is 1. The summed E-state index contributed by atoms with van der Waals surface area (Å²) in [6, 6.07) is 12.6. The molecule has 0 spiro atoms. The highest BCUT2D eigenvalue weighted by Crippen LogP contribution is 2.42. The second kappa shape index (κ2) is 8.87. The van der Waals surface area contributed by atoms with Crippen molar-refractivity contribution in [3.63, 3.8) is 0 Å². The van der Waals surface area contributed by atoms with E-state index in [-0.39, 0.29) is 24.9 Å². The number of benzene rings is 2. The average molecular weight is 452 g/mol. The number of hydrogen-bond acceptors (Lipinski definition) is 3. The third-order valence-electron chi connectivity index (χ3n) is 5.81. The Kier molecular flexibility index (Phi) is 6.56. The van der Waals surface area contributed by atoms with Crippen LogP contribution in [0.25, 0.3) is 0 Å². The van der Waals surface area contributed by atoms with Gasteiger partial charge in [0.25, 0.3) is 5.91 Å². The Morgan fingerprint density at radius 3 is 2.31 bits per heavy atom. The predicted octanol–water partition coefficient (Wildman–Crippen LogP) is 5.31. The molecule has 1 saturated carbocycles. The van der Waals surface area contributed by atoms with Gasteiger partial charge in [0, 0.05) is 24.9 Å². The zero-order chi connectivity index (χ0) is 23.6. The summed E-state index contributed by atoms with van der Waals surface area (Å²) in [6.07, 6.45) is -6.19. The molecule has 1 aliphatic rings. The minimum atomic E-state index is -4.82. The van der Waals surface area contributed by atoms with Crippen molar-refractivity contribution < 1.29 is 31.9 Å². The van der Waals surface area contributed by atoms with Gasteiger partial charge >= 0.3 is 6.18 Å². The number of nitrogens with one attached hydrogen (secondary N) is 1. The Morgan fingerprint density at radius 1 is 1.12 bits per heavy atom. The number of hydrogen-bond donors (Lipinski definition) is 2. The number of carbonyl (C=O) groups excluding carboxylic acids is 1. The molecule has 1 atom stereocenters. The van der Waals surface area contributed by atoms with Gasteiger partial charge in [0.15, 0.2) is 0 Å². The van der Waals surface area contributed by atoms with Crippen LogP contribution in [-0.4, -0.2) is 22.5 Å². The fourth-order valence-corrected chi connectivity index (χ4v) is 4.03. The number of rotatable bonds is 5. The topological polar surface area (TPSA) is 73.1 Å². The molecule has 32 heavy (non-hydrogen) atoms. The quantitative estimate of drug-likeness (QED) is 0.604. The molecule has 3 rings (SSSR count). The van der Waals surface area contributed by atoms with Crippen LogP contribution in [0.4, 0.5) is 27.6 Å². The second-order valence-electron chi connectivity index (χ2n) is 8.04. The number of nitrogens with zero attached hydrogens (tertiary/aromatic N) is 1. The van der Waals surface area contributed by atoms with Gasteiger partial charge in [-0.1, -0.05) is 30.3 Å². The molecule has 0 aliphatic heterocycles. The minimum absolute atomic E-state index is 0.106. The normalized spacial score (nSPS) is 18.4. The summed E-state index contributed by atoms with van der Waals surface area (Å²) in [7, 11) is 0. The Hall–Kier alpha value is -2.99. The highest BCUT2D eigenvalue weighted by atomic mass is 19.4. The van der Waals surface area contributed by atoms with Gasteiger partial charge in [-0.2, -0.15) is 18.4 Å². The van der Waals surface area contributed by atoms with E-state index >= 15 is 0 Å². The van der Waals surface area contributed by atoms with Crippen molar-refractivity contribution in [2.75, 3.05) is 5.32 Å². The maximum Gasteiger partial charge on any atom is 0.417 e. The lowest BCUT2D eigenvalue weighted by atomic mass is 9.72. The minimum Gasteiger partial charge on any atom is -0.379 e. The second-order valence-corrected chi connectivity index (χ2v) is 8.04. The maximum absolute atomic E-state index is 13.7. The van der Waals surface area contributed by atoms with Gasteiger partial charge < -0.3 is 10.4 Å². The smallest absolute Gasteiger partial charge is 0.379 e. The van der Waals surface area contributed by atoms with Crippen molar-refractivity contribution in [2.45, 2.75) is 49.8 Å². The molecule has 2 N–H and O–H groups in total. The standard InChI is InChI=1S/C23H21F5N2O2/c24-21(25)10-8-17(9-11-21)22(32,13-15-4-2-1-3-5-15)20(31)30-18-7-6-16(14-29)19(12-18)23(26,27)28/h1-7,12,17,32H,8-11,13H2,(H,30,31). The number of aliphatic hydroxyl groups is 1. The maximum atomic E-state index is 13.7. The molecule has 0 radical (unpaired) electrons. The number of amides is 1. The fourth-order valence-electron chi connectivity index (χ4n) is 4.03. The number of carbonyl (C=O) groups is 1. The summed E-state index contributed by atoms with van der Waals surface area (Å²) >= 11 is 0. The first kappa shape index (κ1) is 23.7. The van der Waals surface area contributed by atoms with E-state index in [1.54, 1.807) is 30.3 Å². The molecule has 2 aromatic rings. The predicted molar refractivity (Wildman–Crippen MR) is 107 cm³/mol. The van der Waals surface area contributed by atoms with Gasteiger partial charge in [0.1, 0.15) is 5.60 Å². The zero-order valence-corrected chi connectivity index (χ0v) is 16.9. The van der Waals surface area contributed by atoms with Gasteiger partial charge in [-0.3, -0.25) is 4.79 Å². The van der Waals surface area contributed by atoms with Crippen LogP contribution in [0.5, 0.6) is 0 Å². The van der Waals surface area contributed by atoms with E-state index in [1.165, 1.54) is 6.07 Å². The van der Waals surface area contributed by atoms with E-state index in [0.29, 0.717) is 11.6 Å². The van der Waals surface area contributed by atoms with Crippen LogP contribution in [0, 0.1) is 17.2 Å². The molecular formula is C23H21F5N2O2. The van der Waals surface area contributed by atoms with Crippen LogP contribution < -0.4 is 5.32 Å². The van der Waals surface area contributed by atoms with Crippen LogP contribution in [0.15, 0.2) is 48.5 Å². The molecule has 0 aromatic heterocycles. The van der Waals surface area contributed by atoms with Gasteiger partial charge in [0.2, 0.25) is 5.92 Å². The lowest BCUT2D eigenvalue weighted by molar-refractivity contribution is -0.147. The summed E-state index contributed by atoms with van der Waals surface area (Å²) in [5.41, 5.74) is -3.61. The van der Waals surface area contributed by atoms with Crippen LogP contribution in [0.1, 0.15) is 42.4 Å². The Bertz CT molecular complexity index is 1010. The van der Waals surface area contributed by atoms with E-state index in [9.17, 15) is 31.9 Å². The van der Waals surface area contributed by atoms with Crippen molar-refractivity contribution in [2.24, 2.45) is 5.92 Å². The SMILES string of the molecule is N#Cc1ccc(NC(=O)C(O)(Cc2ccccc2)C2CCC(F)(F)CC2)cc1C(F)(F)F. The Morgan fingerprint density at radius 2 is 1.75 bits per heavy atom. The average Bonchev–Trinajstić information content (AvgIpc) is 2.73. The molecule has 170 valence electrons. The Balaban J connectivity index is 1.91. The molecule has 1 amide bonds. The summed E-state index contributed by atoms with van der Waals surface area (Å²) in [5.74, 6) is -4.66. The van der Waals surface area contributed by atoms with Crippen molar-refractivity contribution in [3.8, 4) is 6.07 Å². The van der Waals surface area contributed by atoms with Gasteiger partial charge in [-0.15, -0.1) is 0 Å². The summed E-state index contributed by atoms with van der Waals surface area (Å²) < 4.78 is 67.1. The Labute approximate surface area is 181 Å². The molecule has 0 heterocycles. The molecular weight excluding hydrogens is 431 g/mol. The lowest BCUT2D eigenvalue weighted by Crippen LogP contribution is -2.52. The molecule has 9 heteroatoms. The third kappa shape index (κ3) is 5.25. The molecule has 0 saturated heterocycles. The largest absolute Gasteiger partial charge is 0.417 e. The monoisotopic (exact) mass is 452 g/mol. The highest BCUT2D eigenvalue weighted by molar-refractivity contribution is 5.97. The highest BCUT2D eigenvalue weighted by Gasteiger charge is 2.48. The van der Waals surface area contributed by atoms with Crippen LogP contribution in [0.3, 0.4) is 0 Å². The first-order valence-electron chi connectivity index (χ1n) is 10.0. The number of alkyl halides is 5. The summed E-state index contributed by atoms with van der Waals surface area (Å²) in [6.45, 7) is 0. The van der Waals surface area contributed by atoms with Crippen LogP contribution in [0.2, 0.25) is 0 Å². The lowest BCUT2D eigenvalue weighted by Gasteiger charge is -2.39. The van der Waals surface area contributed by atoms with E-state index in [4.69, 9.17) is 5.26 Å². The molecule has 1 unspecified atom stereocenters. The summed E-state index contributed by atoms with van der Waals surface area (Å²) in [4.78, 5) is 13.1. The van der Waals surface area contributed by atoms with Crippen molar-refractivity contribution in [1.82, 2.24) is 0 Å². The van der Waals surface area contributed by atoms with E-state index in [0.717, 1.165) is 12.1 Å². The van der Waals surface area contributed by atoms with E-state index in [1.807, 2.05) is 0 Å². The number of nitriles is 1. The van der Waals surface area contributed by atoms with Gasteiger partial charge in [-0.05, 0) is 42.5 Å². The van der Waals surface area contributed by atoms with Gasteiger partial charge in [-0.25, -0.2) is 8.78 Å². The van der Waals surface area contributed by atoms with Crippen molar-refractivity contribution >= 4 is 11.6 Å². The van der Waals surface area contributed by atoms with Crippen LogP contribution >= 0.6 is 0 Å². The first-order chi connectivity index (χ1) is 14.9. The molecule has 0 bridgehead atoms. The zero-order valence-electron chi connectivity index (χ0n) is 16.9. The van der Waals surface area contributed by atoms with Crippen molar-refractivity contribution in [1.29, 1.82) is 5.26 Å².